The molecule has 0 atom stereocenters. The van der Waals surface area contributed by atoms with Gasteiger partial charge >= 0.3 is 0 Å². The van der Waals surface area contributed by atoms with Crippen molar-refractivity contribution >= 4 is 86.4 Å². The largest absolute Gasteiger partial charge is 0.311 e. The molecule has 0 radical (unpaired) electrons. The van der Waals surface area contributed by atoms with Gasteiger partial charge in [0.15, 0.2) is 0 Å². The molecule has 0 N–H and O–H groups in total. The average Bonchev–Trinajstić information content (AvgIpc) is 3.30. The first-order chi connectivity index (χ1) is 28.8. The van der Waals surface area contributed by atoms with Crippen LogP contribution in [0.2, 0.25) is 0 Å². The van der Waals surface area contributed by atoms with Crippen molar-refractivity contribution in [3.63, 3.8) is 0 Å². The molecule has 4 heteroatoms. The van der Waals surface area contributed by atoms with Crippen LogP contribution in [0.4, 0.5) is 17.1 Å². The van der Waals surface area contributed by atoms with Gasteiger partial charge in [0.2, 0.25) is 20.1 Å². The minimum Gasteiger partial charge on any atom is -0.311 e. The Morgan fingerprint density at radius 2 is 0.328 bits per heavy atom. The molecule has 9 rings (SSSR count). The highest BCUT2D eigenvalue weighted by Crippen LogP contribution is 2.33. The Bertz CT molecular complexity index is 2210. The molecule has 0 unspecified atom stereocenters. The minimum atomic E-state index is 0.129. The molecule has 0 bridgehead atoms. The van der Waals surface area contributed by atoms with Crippen LogP contribution in [0, 0.1) is 0 Å². The molecule has 0 aromatic heterocycles. The Morgan fingerprint density at radius 1 is 0.172 bits per heavy atom. The monoisotopic (exact) mass is 737 g/mol. The first kappa shape index (κ1) is 36.6. The summed E-state index contributed by atoms with van der Waals surface area (Å²) < 4.78 is 0. The quantitative estimate of drug-likeness (QED) is 0.126. The lowest BCUT2D eigenvalue weighted by Gasteiger charge is -2.27. The summed E-state index contributed by atoms with van der Waals surface area (Å²) in [6.07, 6.45) is 0. The molecule has 0 heterocycles. The molecule has 0 spiro atoms. The number of anilines is 3. The highest BCUT2D eigenvalue weighted by molar-refractivity contribution is 6.96. The van der Waals surface area contributed by atoms with E-state index in [1.54, 1.807) is 0 Å². The second-order valence-electron chi connectivity index (χ2n) is 14.9. The fraction of sp³-hybridized carbons (Fsp3) is 0. The van der Waals surface area contributed by atoms with Crippen molar-refractivity contribution in [1.82, 2.24) is 0 Å². The van der Waals surface area contributed by atoms with Gasteiger partial charge in [0, 0.05) is 17.1 Å². The fourth-order valence-corrected chi connectivity index (χ4v) is 8.50. The van der Waals surface area contributed by atoms with Crippen molar-refractivity contribution in [3.05, 3.63) is 255 Å². The Kier molecular flexibility index (Phi) is 11.0. The molecular weight excluding hydrogens is 695 g/mol. The molecule has 9 aromatic rings. The topological polar surface area (TPSA) is 3.24 Å². The van der Waals surface area contributed by atoms with E-state index < -0.39 is 0 Å². The molecule has 1 nitrogen and oxygen atoms in total. The molecule has 58 heavy (non-hydrogen) atoms. The predicted octanol–water partition coefficient (Wildman–Crippen LogP) is 6.71. The summed E-state index contributed by atoms with van der Waals surface area (Å²) in [4.78, 5) is 2.39. The van der Waals surface area contributed by atoms with E-state index in [0.717, 1.165) is 17.1 Å². The Morgan fingerprint density at radius 3 is 0.500 bits per heavy atom. The van der Waals surface area contributed by atoms with Gasteiger partial charge < -0.3 is 4.90 Å². The summed E-state index contributed by atoms with van der Waals surface area (Å²) in [6.45, 7) is 0.387. The highest BCUT2D eigenvalue weighted by Gasteiger charge is 2.25. The summed E-state index contributed by atoms with van der Waals surface area (Å²) in [5, 5.41) is 0. The molecule has 0 saturated carbocycles. The van der Waals surface area contributed by atoms with Gasteiger partial charge in [-0.1, -0.05) is 268 Å². The summed E-state index contributed by atoms with van der Waals surface area (Å²) >= 11 is 0. The van der Waals surface area contributed by atoms with Gasteiger partial charge in [-0.2, -0.15) is 0 Å². The summed E-state index contributed by atoms with van der Waals surface area (Å²) in [6, 6.07) is 92.5. The van der Waals surface area contributed by atoms with E-state index in [2.05, 4.69) is 260 Å². The van der Waals surface area contributed by atoms with Crippen LogP contribution in [0.15, 0.2) is 255 Å². The number of hydrogen-bond acceptors (Lipinski definition) is 1. The molecule has 0 saturated heterocycles. The zero-order valence-corrected chi connectivity index (χ0v) is 32.4. The van der Waals surface area contributed by atoms with Crippen molar-refractivity contribution in [3.8, 4) is 0 Å². The van der Waals surface area contributed by atoms with Gasteiger partial charge in [-0.15, -0.1) is 0 Å². The summed E-state index contributed by atoms with van der Waals surface area (Å²) in [7, 11) is 0. The lowest BCUT2D eigenvalue weighted by molar-refractivity contribution is 1.29. The van der Waals surface area contributed by atoms with Crippen molar-refractivity contribution in [2.24, 2.45) is 0 Å². The zero-order chi connectivity index (χ0) is 38.9. The zero-order valence-electron chi connectivity index (χ0n) is 32.4. The fourth-order valence-electron chi connectivity index (χ4n) is 8.50. The third-order valence-electron chi connectivity index (χ3n) is 11.3. The van der Waals surface area contributed by atoms with Crippen LogP contribution in [0.1, 0.15) is 0 Å². The van der Waals surface area contributed by atoms with E-state index in [1.165, 1.54) is 49.2 Å². The number of nitrogens with zero attached hydrogens (tertiary/aromatic N) is 1. The smallest absolute Gasteiger partial charge is 0.241 e. The standard InChI is InChI=1S/C54H42B3N/c1-7-19-43(20-8-1)55(44-21-9-2-10-22-44)49-31-37-52(38-32-49)58(53-39-33-50(34-40-53)56(45-23-11-3-12-24-45)46-25-13-4-14-26-46)54-41-35-51(36-42-54)57(47-27-15-5-16-28-47)48-29-17-6-18-30-48/h1-42H. The first-order valence-electron chi connectivity index (χ1n) is 20.2. The number of hydrogen-bond donors (Lipinski definition) is 0. The molecule has 0 aliphatic heterocycles. The van der Waals surface area contributed by atoms with E-state index in [0.29, 0.717) is 0 Å². The van der Waals surface area contributed by atoms with Crippen LogP contribution >= 0.6 is 0 Å². The van der Waals surface area contributed by atoms with Gasteiger partial charge in [-0.05, 0) is 36.4 Å². The Balaban J connectivity index is 1.13. The van der Waals surface area contributed by atoms with E-state index in [-0.39, 0.29) is 20.1 Å². The maximum Gasteiger partial charge on any atom is 0.241 e. The van der Waals surface area contributed by atoms with Gasteiger partial charge in [0.1, 0.15) is 0 Å². The molecule has 9 aromatic carbocycles. The molecule has 0 fully saturated rings. The molecular formula is C54H42B3N. The summed E-state index contributed by atoms with van der Waals surface area (Å²) in [5.41, 5.74) is 14.8. The Labute approximate surface area is 344 Å². The third-order valence-corrected chi connectivity index (χ3v) is 11.3. The van der Waals surface area contributed by atoms with Crippen molar-refractivity contribution in [1.29, 1.82) is 0 Å². The second kappa shape index (κ2) is 17.4. The molecule has 0 aliphatic carbocycles. The van der Waals surface area contributed by atoms with Gasteiger partial charge in [-0.25, -0.2) is 0 Å². The average molecular weight is 737 g/mol. The molecule has 0 amide bonds. The van der Waals surface area contributed by atoms with Crippen LogP contribution in [-0.4, -0.2) is 20.1 Å². The SMILES string of the molecule is c1ccc(B(c2ccccc2)c2ccc(N(c3ccc(B(c4ccccc4)c4ccccc4)cc3)c3ccc(B(c4ccccc4)c4ccccc4)cc3)cc2)cc1. The Hall–Kier alpha value is -7.03. The maximum atomic E-state index is 2.39. The normalized spacial score (nSPS) is 10.8. The maximum absolute atomic E-state index is 2.39. The van der Waals surface area contributed by atoms with Crippen molar-refractivity contribution < 1.29 is 0 Å². The van der Waals surface area contributed by atoms with Crippen LogP contribution in [0.5, 0.6) is 0 Å². The molecule has 0 aliphatic rings. The van der Waals surface area contributed by atoms with Crippen molar-refractivity contribution in [2.75, 3.05) is 4.90 Å². The second-order valence-corrected chi connectivity index (χ2v) is 14.9. The van der Waals surface area contributed by atoms with Crippen molar-refractivity contribution in [2.45, 2.75) is 0 Å². The third kappa shape index (κ3) is 7.96. The van der Waals surface area contributed by atoms with E-state index in [1.807, 2.05) is 0 Å². The predicted molar refractivity (Wildman–Crippen MR) is 254 cm³/mol. The van der Waals surface area contributed by atoms with Gasteiger partial charge in [0.25, 0.3) is 0 Å². The van der Waals surface area contributed by atoms with Gasteiger partial charge in [-0.3, -0.25) is 0 Å². The van der Waals surface area contributed by atoms with Gasteiger partial charge in [0.05, 0.1) is 0 Å². The summed E-state index contributed by atoms with van der Waals surface area (Å²) in [5.74, 6) is 0. The molecule has 272 valence electrons. The minimum absolute atomic E-state index is 0.129. The lowest BCUT2D eigenvalue weighted by Crippen LogP contribution is -2.52. The number of rotatable bonds is 12. The number of benzene rings is 9. The van der Waals surface area contributed by atoms with Crippen LogP contribution in [0.25, 0.3) is 0 Å². The van der Waals surface area contributed by atoms with Crippen LogP contribution in [0.3, 0.4) is 0 Å². The van der Waals surface area contributed by atoms with Crippen LogP contribution in [-0.2, 0) is 0 Å². The lowest BCUT2D eigenvalue weighted by atomic mass is 9.37. The van der Waals surface area contributed by atoms with E-state index in [9.17, 15) is 0 Å². The first-order valence-corrected chi connectivity index (χ1v) is 20.2. The van der Waals surface area contributed by atoms with E-state index in [4.69, 9.17) is 0 Å². The van der Waals surface area contributed by atoms with Crippen LogP contribution < -0.4 is 54.1 Å². The highest BCUT2D eigenvalue weighted by atomic mass is 15.1. The van der Waals surface area contributed by atoms with E-state index >= 15 is 0 Å².